The molecule has 0 aliphatic heterocycles. The number of hydrogen-bond donors (Lipinski definition) is 1. The van der Waals surface area contributed by atoms with E-state index in [0.717, 1.165) is 8.25 Å². The van der Waals surface area contributed by atoms with Crippen LogP contribution in [0.25, 0.3) is 0 Å². The van der Waals surface area contributed by atoms with Gasteiger partial charge in [0, 0.05) is 8.04 Å². The normalized spacial score (nSPS) is 10.2. The second kappa shape index (κ2) is 7.80. The summed E-state index contributed by atoms with van der Waals surface area (Å²) in [5, 5.41) is 15.9. The highest BCUT2D eigenvalue weighted by Crippen LogP contribution is 2.22. The van der Waals surface area contributed by atoms with Gasteiger partial charge >= 0.3 is 0 Å². The highest BCUT2D eigenvalue weighted by molar-refractivity contribution is 14.1. The van der Waals surface area contributed by atoms with Crippen molar-refractivity contribution in [1.29, 1.82) is 5.26 Å². The molecule has 1 heterocycles. The number of rotatable bonds is 3. The van der Waals surface area contributed by atoms with Crippen molar-refractivity contribution >= 4 is 56.2 Å². The molecule has 8 heteroatoms. The van der Waals surface area contributed by atoms with E-state index < -0.39 is 11.8 Å². The fourth-order valence-electron chi connectivity index (χ4n) is 2.27. The number of amides is 1. The minimum Gasteiger partial charge on any atom is -0.305 e. The van der Waals surface area contributed by atoms with E-state index in [1.807, 2.05) is 34.7 Å². The molecule has 2 aromatic carbocycles. The first-order valence-corrected chi connectivity index (χ1v) is 9.23. The summed E-state index contributed by atoms with van der Waals surface area (Å²) in [6, 6.07) is 15.8. The lowest BCUT2D eigenvalue weighted by molar-refractivity contribution is 0.0946. The van der Waals surface area contributed by atoms with Crippen LogP contribution in [0.5, 0.6) is 0 Å². The highest BCUT2D eigenvalue weighted by Gasteiger charge is 2.22. The number of halogens is 2. The van der Waals surface area contributed by atoms with E-state index in [1.54, 1.807) is 42.5 Å². The lowest BCUT2D eigenvalue weighted by Gasteiger charge is -2.10. The SMILES string of the molecule is N#Cc1cnn(C(=O)c2ccccc2Br)c1NC(=O)c1ccccc1I. The molecule has 3 aromatic rings. The van der Waals surface area contributed by atoms with Crippen molar-refractivity contribution < 1.29 is 9.59 Å². The fraction of sp³-hybridized carbons (Fsp3) is 0. The number of nitrogens with one attached hydrogen (secondary N) is 1. The number of aromatic nitrogens is 2. The van der Waals surface area contributed by atoms with Gasteiger partial charge in [0.05, 0.1) is 17.3 Å². The molecule has 1 N–H and O–H groups in total. The quantitative estimate of drug-likeness (QED) is 0.527. The summed E-state index contributed by atoms with van der Waals surface area (Å²) < 4.78 is 2.37. The molecule has 0 aliphatic rings. The van der Waals surface area contributed by atoms with Crippen LogP contribution in [-0.2, 0) is 0 Å². The maximum absolute atomic E-state index is 12.8. The van der Waals surface area contributed by atoms with Gasteiger partial charge in [-0.1, -0.05) is 24.3 Å². The first-order valence-electron chi connectivity index (χ1n) is 7.36. The van der Waals surface area contributed by atoms with E-state index in [-0.39, 0.29) is 11.4 Å². The van der Waals surface area contributed by atoms with Gasteiger partial charge in [-0.3, -0.25) is 9.59 Å². The maximum atomic E-state index is 12.8. The van der Waals surface area contributed by atoms with Crippen LogP contribution in [0.4, 0.5) is 5.82 Å². The Bertz CT molecular complexity index is 1060. The summed E-state index contributed by atoms with van der Waals surface area (Å²) in [7, 11) is 0. The van der Waals surface area contributed by atoms with Gasteiger partial charge in [0.15, 0.2) is 5.82 Å². The highest BCUT2D eigenvalue weighted by atomic mass is 127. The van der Waals surface area contributed by atoms with Crippen molar-refractivity contribution in [3.05, 3.63) is 79.5 Å². The van der Waals surface area contributed by atoms with Gasteiger partial charge in [-0.25, -0.2) is 0 Å². The molecule has 0 fully saturated rings. The lowest BCUT2D eigenvalue weighted by Crippen LogP contribution is -2.22. The predicted molar refractivity (Wildman–Crippen MR) is 108 cm³/mol. The van der Waals surface area contributed by atoms with Crippen LogP contribution >= 0.6 is 38.5 Å². The van der Waals surface area contributed by atoms with Crippen LogP contribution in [0.1, 0.15) is 26.3 Å². The smallest absolute Gasteiger partial charge is 0.281 e. The van der Waals surface area contributed by atoms with Crippen molar-refractivity contribution in [2.45, 2.75) is 0 Å². The Kier molecular flexibility index (Phi) is 5.49. The topological polar surface area (TPSA) is 87.8 Å². The number of carbonyl (C=O) groups excluding carboxylic acids is 2. The third kappa shape index (κ3) is 3.54. The fourth-order valence-corrected chi connectivity index (χ4v) is 3.36. The van der Waals surface area contributed by atoms with Gasteiger partial charge in [0.2, 0.25) is 0 Å². The molecule has 6 nitrogen and oxygen atoms in total. The molecule has 1 aromatic heterocycles. The van der Waals surface area contributed by atoms with E-state index in [1.165, 1.54) is 6.20 Å². The molecule has 0 aliphatic carbocycles. The molecule has 0 spiro atoms. The number of nitriles is 1. The summed E-state index contributed by atoms with van der Waals surface area (Å²) in [6.07, 6.45) is 1.25. The Morgan fingerprint density at radius 3 is 2.42 bits per heavy atom. The van der Waals surface area contributed by atoms with E-state index in [9.17, 15) is 14.9 Å². The van der Waals surface area contributed by atoms with E-state index >= 15 is 0 Å². The molecule has 0 unspecified atom stereocenters. The zero-order chi connectivity index (χ0) is 18.7. The van der Waals surface area contributed by atoms with Crippen LogP contribution in [0.2, 0.25) is 0 Å². The maximum Gasteiger partial charge on any atom is 0.281 e. The largest absolute Gasteiger partial charge is 0.305 e. The van der Waals surface area contributed by atoms with E-state index in [0.29, 0.717) is 15.6 Å². The van der Waals surface area contributed by atoms with Gasteiger partial charge in [-0.05, 0) is 62.8 Å². The lowest BCUT2D eigenvalue weighted by atomic mass is 10.2. The second-order valence-electron chi connectivity index (χ2n) is 5.15. The van der Waals surface area contributed by atoms with Gasteiger partial charge < -0.3 is 5.32 Å². The summed E-state index contributed by atoms with van der Waals surface area (Å²) in [4.78, 5) is 25.4. The summed E-state index contributed by atoms with van der Waals surface area (Å²) in [6.45, 7) is 0. The number of carbonyl (C=O) groups is 2. The third-order valence-corrected chi connectivity index (χ3v) is 5.17. The first kappa shape index (κ1) is 18.3. The zero-order valence-electron chi connectivity index (χ0n) is 13.1. The molecular weight excluding hydrogens is 511 g/mol. The Morgan fingerprint density at radius 1 is 1.12 bits per heavy atom. The second-order valence-corrected chi connectivity index (χ2v) is 7.17. The number of anilines is 1. The van der Waals surface area contributed by atoms with Crippen LogP contribution in [-0.4, -0.2) is 21.6 Å². The molecule has 0 saturated carbocycles. The third-order valence-electron chi connectivity index (χ3n) is 3.54. The van der Waals surface area contributed by atoms with E-state index in [2.05, 4.69) is 26.3 Å². The van der Waals surface area contributed by atoms with Gasteiger partial charge in [0.1, 0.15) is 11.6 Å². The molecule has 26 heavy (non-hydrogen) atoms. The average Bonchev–Trinajstić information content (AvgIpc) is 3.04. The van der Waals surface area contributed by atoms with E-state index in [4.69, 9.17) is 0 Å². The minimum atomic E-state index is -0.461. The minimum absolute atomic E-state index is 0.0397. The molecule has 0 radical (unpaired) electrons. The number of nitrogens with zero attached hydrogens (tertiary/aromatic N) is 3. The molecule has 0 atom stereocenters. The van der Waals surface area contributed by atoms with Gasteiger partial charge in [-0.2, -0.15) is 15.0 Å². The number of hydrogen-bond acceptors (Lipinski definition) is 4. The van der Waals surface area contributed by atoms with Crippen LogP contribution < -0.4 is 5.32 Å². The van der Waals surface area contributed by atoms with Crippen LogP contribution in [0.15, 0.2) is 59.2 Å². The summed E-state index contributed by atoms with van der Waals surface area (Å²) in [5.74, 6) is -0.844. The van der Waals surface area contributed by atoms with Crippen LogP contribution in [0.3, 0.4) is 0 Å². The van der Waals surface area contributed by atoms with Crippen molar-refractivity contribution in [1.82, 2.24) is 9.78 Å². The average molecular weight is 521 g/mol. The van der Waals surface area contributed by atoms with Crippen molar-refractivity contribution in [2.24, 2.45) is 0 Å². The Balaban J connectivity index is 2.01. The molecule has 0 saturated heterocycles. The molecule has 1 amide bonds. The zero-order valence-corrected chi connectivity index (χ0v) is 16.9. The summed E-state index contributed by atoms with van der Waals surface area (Å²) in [5.41, 5.74) is 0.910. The first-order chi connectivity index (χ1) is 12.5. The summed E-state index contributed by atoms with van der Waals surface area (Å²) >= 11 is 5.37. The molecular formula is C18H10BrIN4O2. The molecule has 3 rings (SSSR count). The molecule has 128 valence electrons. The van der Waals surface area contributed by atoms with Gasteiger partial charge in [0.25, 0.3) is 11.8 Å². The van der Waals surface area contributed by atoms with Gasteiger partial charge in [-0.15, -0.1) is 0 Å². The Hall–Kier alpha value is -2.51. The predicted octanol–water partition coefficient (Wildman–Crippen LogP) is 4.06. The Labute approximate surface area is 171 Å². The monoisotopic (exact) mass is 520 g/mol. The van der Waals surface area contributed by atoms with Crippen molar-refractivity contribution in [2.75, 3.05) is 5.32 Å². The number of benzene rings is 2. The van der Waals surface area contributed by atoms with Crippen molar-refractivity contribution in [3.8, 4) is 6.07 Å². The Morgan fingerprint density at radius 2 is 1.77 bits per heavy atom. The van der Waals surface area contributed by atoms with Crippen LogP contribution in [0, 0.1) is 14.9 Å². The molecule has 0 bridgehead atoms. The standard InChI is InChI=1S/C18H10BrIN4O2/c19-14-7-3-1-5-12(14)18(26)24-16(11(9-21)10-22-24)23-17(25)13-6-2-4-8-15(13)20/h1-8,10H,(H,23,25). The van der Waals surface area contributed by atoms with Crippen molar-refractivity contribution in [3.63, 3.8) is 0 Å².